The van der Waals surface area contributed by atoms with Crippen molar-refractivity contribution in [2.45, 2.75) is 0 Å². The molecule has 0 radical (unpaired) electrons. The first kappa shape index (κ1) is 15.2. The minimum atomic E-state index is -0.269. The molecule has 2 aromatic carbocycles. The van der Waals surface area contributed by atoms with E-state index in [0.29, 0.717) is 38.9 Å². The smallest absolute Gasteiger partial charge is 0.256 e. The molecule has 1 heterocycles. The average molecular weight is 332 g/mol. The lowest BCUT2D eigenvalue weighted by atomic mass is 10.0. The molecule has 0 fully saturated rings. The van der Waals surface area contributed by atoms with Gasteiger partial charge in [0.15, 0.2) is 11.5 Å². The molecular weight excluding hydrogens is 318 g/mol. The van der Waals surface area contributed by atoms with Crippen molar-refractivity contribution in [1.29, 1.82) is 0 Å². The SMILES string of the molecule is COc1cc2c(cc1OC)C(=Cc1cc(Cl)ccc1O)C(=O)N2. The first-order chi connectivity index (χ1) is 11.0. The topological polar surface area (TPSA) is 67.8 Å². The van der Waals surface area contributed by atoms with E-state index in [-0.39, 0.29) is 11.7 Å². The molecule has 5 nitrogen and oxygen atoms in total. The number of phenolic OH excluding ortho intramolecular Hbond substituents is 1. The molecule has 0 spiro atoms. The van der Waals surface area contributed by atoms with Gasteiger partial charge in [-0.2, -0.15) is 0 Å². The van der Waals surface area contributed by atoms with Crippen LogP contribution < -0.4 is 14.8 Å². The first-order valence-electron chi connectivity index (χ1n) is 6.81. The number of amides is 1. The number of ether oxygens (including phenoxy) is 2. The van der Waals surface area contributed by atoms with Crippen LogP contribution in [0.2, 0.25) is 5.02 Å². The summed E-state index contributed by atoms with van der Waals surface area (Å²) in [6.45, 7) is 0. The van der Waals surface area contributed by atoms with Crippen molar-refractivity contribution >= 4 is 34.8 Å². The summed E-state index contributed by atoms with van der Waals surface area (Å²) in [6, 6.07) is 8.08. The van der Waals surface area contributed by atoms with Crippen molar-refractivity contribution < 1.29 is 19.4 Å². The highest BCUT2D eigenvalue weighted by Crippen LogP contribution is 2.41. The van der Waals surface area contributed by atoms with E-state index >= 15 is 0 Å². The summed E-state index contributed by atoms with van der Waals surface area (Å²) in [5.41, 5.74) is 2.18. The molecule has 0 atom stereocenters. The third-order valence-corrected chi connectivity index (χ3v) is 3.83. The standard InChI is InChI=1S/C17H14ClNO4/c1-22-15-7-11-12(6-9-5-10(18)3-4-14(9)20)17(21)19-13(11)8-16(15)23-2/h3-8,20H,1-2H3,(H,19,21). The summed E-state index contributed by atoms with van der Waals surface area (Å²) in [5.74, 6) is 0.820. The molecule has 118 valence electrons. The second-order valence-corrected chi connectivity index (χ2v) is 5.40. The van der Waals surface area contributed by atoms with Crippen molar-refractivity contribution in [3.05, 3.63) is 46.5 Å². The van der Waals surface area contributed by atoms with Gasteiger partial charge in [0.2, 0.25) is 0 Å². The van der Waals surface area contributed by atoms with E-state index in [9.17, 15) is 9.90 Å². The molecule has 0 aromatic heterocycles. The molecule has 1 aliphatic rings. The number of phenols is 1. The van der Waals surface area contributed by atoms with E-state index in [1.807, 2.05) is 0 Å². The van der Waals surface area contributed by atoms with E-state index in [1.165, 1.54) is 20.3 Å². The maximum atomic E-state index is 12.3. The largest absolute Gasteiger partial charge is 0.507 e. The van der Waals surface area contributed by atoms with Crippen LogP contribution in [0.3, 0.4) is 0 Å². The van der Waals surface area contributed by atoms with Crippen LogP contribution >= 0.6 is 11.6 Å². The highest BCUT2D eigenvalue weighted by Gasteiger charge is 2.26. The number of nitrogens with one attached hydrogen (secondary N) is 1. The number of fused-ring (bicyclic) bond motifs is 1. The van der Waals surface area contributed by atoms with Crippen LogP contribution in [0.4, 0.5) is 5.69 Å². The third-order valence-electron chi connectivity index (χ3n) is 3.60. The Bertz CT molecular complexity index is 830. The number of methoxy groups -OCH3 is 2. The van der Waals surface area contributed by atoms with Crippen molar-refractivity contribution in [2.75, 3.05) is 19.5 Å². The van der Waals surface area contributed by atoms with Gasteiger partial charge in [0.05, 0.1) is 19.9 Å². The summed E-state index contributed by atoms with van der Waals surface area (Å²) >= 11 is 5.95. The monoisotopic (exact) mass is 331 g/mol. The van der Waals surface area contributed by atoms with Crippen LogP contribution in [-0.4, -0.2) is 25.2 Å². The molecule has 2 aromatic rings. The van der Waals surface area contributed by atoms with Crippen molar-refractivity contribution in [3.63, 3.8) is 0 Å². The van der Waals surface area contributed by atoms with Gasteiger partial charge in [0.1, 0.15) is 5.75 Å². The summed E-state index contributed by atoms with van der Waals surface area (Å²) in [5, 5.41) is 13.2. The van der Waals surface area contributed by atoms with Crippen molar-refractivity contribution in [2.24, 2.45) is 0 Å². The molecule has 0 aliphatic carbocycles. The van der Waals surface area contributed by atoms with E-state index in [4.69, 9.17) is 21.1 Å². The predicted molar refractivity (Wildman–Crippen MR) is 89.2 cm³/mol. The van der Waals surface area contributed by atoms with Gasteiger partial charge < -0.3 is 19.9 Å². The zero-order chi connectivity index (χ0) is 16.6. The molecular formula is C17H14ClNO4. The number of carbonyl (C=O) groups excluding carboxylic acids is 1. The molecule has 0 saturated heterocycles. The molecule has 3 rings (SSSR count). The van der Waals surface area contributed by atoms with Crippen LogP contribution in [0, 0.1) is 0 Å². The quantitative estimate of drug-likeness (QED) is 0.844. The highest BCUT2D eigenvalue weighted by atomic mass is 35.5. The number of carbonyl (C=O) groups is 1. The molecule has 0 bridgehead atoms. The Morgan fingerprint density at radius 2 is 1.83 bits per heavy atom. The molecule has 6 heteroatoms. The fourth-order valence-corrected chi connectivity index (χ4v) is 2.64. The summed E-state index contributed by atoms with van der Waals surface area (Å²) in [4.78, 5) is 12.3. The van der Waals surface area contributed by atoms with Crippen molar-refractivity contribution in [1.82, 2.24) is 0 Å². The number of rotatable bonds is 3. The Labute approximate surface area is 138 Å². The lowest BCUT2D eigenvalue weighted by molar-refractivity contribution is -0.110. The predicted octanol–water partition coefficient (Wildman–Crippen LogP) is 3.56. The number of anilines is 1. The van der Waals surface area contributed by atoms with Crippen LogP contribution in [0.5, 0.6) is 17.2 Å². The molecule has 23 heavy (non-hydrogen) atoms. The molecule has 0 saturated carbocycles. The molecule has 0 unspecified atom stereocenters. The van der Waals surface area contributed by atoms with Gasteiger partial charge in [-0.15, -0.1) is 0 Å². The summed E-state index contributed by atoms with van der Waals surface area (Å²) < 4.78 is 10.5. The highest BCUT2D eigenvalue weighted by molar-refractivity contribution is 6.35. The Hall–Kier alpha value is -2.66. The summed E-state index contributed by atoms with van der Waals surface area (Å²) in [6.07, 6.45) is 1.59. The molecule has 1 aliphatic heterocycles. The fraction of sp³-hybridized carbons (Fsp3) is 0.118. The van der Waals surface area contributed by atoms with Crippen LogP contribution in [-0.2, 0) is 4.79 Å². The maximum Gasteiger partial charge on any atom is 0.256 e. The number of hydrogen-bond acceptors (Lipinski definition) is 4. The van der Waals surface area contributed by atoms with Crippen LogP contribution in [0.25, 0.3) is 11.6 Å². The zero-order valence-corrected chi connectivity index (χ0v) is 13.3. The lowest BCUT2D eigenvalue weighted by Gasteiger charge is -2.09. The van der Waals surface area contributed by atoms with Gasteiger partial charge in [0.25, 0.3) is 5.91 Å². The minimum absolute atomic E-state index is 0.0450. The van der Waals surface area contributed by atoms with Gasteiger partial charge in [0, 0.05) is 27.8 Å². The average Bonchev–Trinajstić information content (AvgIpc) is 2.84. The second kappa shape index (κ2) is 5.85. The summed E-state index contributed by atoms with van der Waals surface area (Å²) in [7, 11) is 3.06. The number of benzene rings is 2. The Kier molecular flexibility index (Phi) is 3.88. The van der Waals surface area contributed by atoms with Crippen molar-refractivity contribution in [3.8, 4) is 17.2 Å². The normalized spacial score (nSPS) is 14.6. The number of aromatic hydroxyl groups is 1. The van der Waals surface area contributed by atoms with E-state index in [2.05, 4.69) is 5.32 Å². The Morgan fingerprint density at radius 1 is 1.13 bits per heavy atom. The van der Waals surface area contributed by atoms with Crippen LogP contribution in [0.1, 0.15) is 11.1 Å². The molecule has 2 N–H and O–H groups in total. The third kappa shape index (κ3) is 2.71. The van der Waals surface area contributed by atoms with E-state index < -0.39 is 0 Å². The van der Waals surface area contributed by atoms with E-state index in [1.54, 1.807) is 30.3 Å². The Balaban J connectivity index is 2.15. The van der Waals surface area contributed by atoms with Gasteiger partial charge in [-0.25, -0.2) is 0 Å². The van der Waals surface area contributed by atoms with Gasteiger partial charge in [-0.3, -0.25) is 4.79 Å². The Morgan fingerprint density at radius 3 is 2.52 bits per heavy atom. The maximum absolute atomic E-state index is 12.3. The van der Waals surface area contributed by atoms with Gasteiger partial charge >= 0.3 is 0 Å². The van der Waals surface area contributed by atoms with Crippen LogP contribution in [0.15, 0.2) is 30.3 Å². The molecule has 1 amide bonds. The minimum Gasteiger partial charge on any atom is -0.507 e. The fourth-order valence-electron chi connectivity index (χ4n) is 2.46. The zero-order valence-electron chi connectivity index (χ0n) is 12.5. The van der Waals surface area contributed by atoms with E-state index in [0.717, 1.165) is 0 Å². The van der Waals surface area contributed by atoms with Gasteiger partial charge in [-0.05, 0) is 30.3 Å². The first-order valence-corrected chi connectivity index (χ1v) is 7.19. The number of halogens is 1. The second-order valence-electron chi connectivity index (χ2n) is 4.97. The lowest BCUT2D eigenvalue weighted by Crippen LogP contribution is -2.03. The number of hydrogen-bond donors (Lipinski definition) is 2. The van der Waals surface area contributed by atoms with Gasteiger partial charge in [-0.1, -0.05) is 11.6 Å².